The second-order valence-corrected chi connectivity index (χ2v) is 2.96. The van der Waals surface area contributed by atoms with Crippen LogP contribution in [0, 0.1) is 0 Å². The fourth-order valence-electron chi connectivity index (χ4n) is 0.215. The summed E-state index contributed by atoms with van der Waals surface area (Å²) in [6.45, 7) is 0. The van der Waals surface area contributed by atoms with E-state index in [9.17, 15) is 13.2 Å². The van der Waals surface area contributed by atoms with Gasteiger partial charge < -0.3 is 0 Å². The van der Waals surface area contributed by atoms with E-state index in [0.29, 0.717) is 0 Å². The van der Waals surface area contributed by atoms with Gasteiger partial charge in [0.25, 0.3) is 5.91 Å². The van der Waals surface area contributed by atoms with Crippen molar-refractivity contribution >= 4 is 15.9 Å². The van der Waals surface area contributed by atoms with Gasteiger partial charge in [0, 0.05) is 0 Å². The number of nitrogens with one attached hydrogen (secondary N) is 1. The summed E-state index contributed by atoms with van der Waals surface area (Å²) in [6.07, 6.45) is 0. The molecule has 4 N–H and O–H groups in total. The first-order valence-electron chi connectivity index (χ1n) is 1.89. The largest absolute Gasteiger partial charge is 0.289 e. The molecular weight excluding hydrogens is 148 g/mol. The second-order valence-electron chi connectivity index (χ2n) is 1.34. The van der Waals surface area contributed by atoms with Crippen molar-refractivity contribution < 1.29 is 18.4 Å². The highest BCUT2D eigenvalue weighted by Crippen LogP contribution is 1.74. The Bertz CT molecular complexity index is 195. The number of hydroxylamine groups is 1. The second kappa shape index (κ2) is 2.76. The van der Waals surface area contributed by atoms with Gasteiger partial charge in [-0.3, -0.25) is 10.0 Å². The Labute approximate surface area is 51.7 Å². The maximum atomic E-state index is 10.0. The molecule has 0 aliphatic rings. The van der Waals surface area contributed by atoms with Crippen molar-refractivity contribution in [2.45, 2.75) is 0 Å². The molecule has 0 radical (unpaired) electrons. The molecule has 0 atom stereocenters. The predicted molar refractivity (Wildman–Crippen MR) is 27.9 cm³/mol. The van der Waals surface area contributed by atoms with E-state index in [4.69, 9.17) is 5.21 Å². The number of primary sulfonamides is 1. The van der Waals surface area contributed by atoms with Crippen molar-refractivity contribution in [1.29, 1.82) is 0 Å². The molecule has 54 valence electrons. The number of sulfonamides is 1. The molecule has 0 unspecified atom stereocenters. The summed E-state index contributed by atoms with van der Waals surface area (Å²) in [5.74, 6) is -1.94. The van der Waals surface area contributed by atoms with Crippen molar-refractivity contribution in [1.82, 2.24) is 5.48 Å². The SMILES string of the molecule is NS(=O)(=O)CC(=O)NO. The molecule has 1 amide bonds. The molecule has 0 heterocycles. The van der Waals surface area contributed by atoms with Gasteiger partial charge in [0.1, 0.15) is 5.75 Å². The van der Waals surface area contributed by atoms with E-state index >= 15 is 0 Å². The fourth-order valence-corrected chi connectivity index (χ4v) is 0.645. The molecule has 6 nitrogen and oxygen atoms in total. The minimum atomic E-state index is -3.81. The molecule has 0 fully saturated rings. The summed E-state index contributed by atoms with van der Waals surface area (Å²) in [5, 5.41) is 12.2. The Morgan fingerprint density at radius 1 is 1.67 bits per heavy atom. The van der Waals surface area contributed by atoms with Crippen LogP contribution in [0.4, 0.5) is 0 Å². The summed E-state index contributed by atoms with van der Waals surface area (Å²) in [4.78, 5) is 10.0. The highest BCUT2D eigenvalue weighted by atomic mass is 32.2. The first kappa shape index (κ1) is 8.34. The minimum Gasteiger partial charge on any atom is -0.289 e. The topological polar surface area (TPSA) is 109 Å². The number of hydrogen-bond acceptors (Lipinski definition) is 4. The van der Waals surface area contributed by atoms with Crippen LogP contribution in [0.3, 0.4) is 0 Å². The molecule has 0 aromatic rings. The van der Waals surface area contributed by atoms with Gasteiger partial charge in [0.15, 0.2) is 0 Å². The van der Waals surface area contributed by atoms with E-state index in [1.165, 1.54) is 0 Å². The highest BCUT2D eigenvalue weighted by molar-refractivity contribution is 7.89. The van der Waals surface area contributed by atoms with Crippen molar-refractivity contribution in [2.24, 2.45) is 5.14 Å². The average molecular weight is 154 g/mol. The molecule has 9 heavy (non-hydrogen) atoms. The van der Waals surface area contributed by atoms with E-state index in [1.54, 1.807) is 0 Å². The van der Waals surface area contributed by atoms with Gasteiger partial charge in [-0.25, -0.2) is 19.0 Å². The fraction of sp³-hybridized carbons (Fsp3) is 0.500. The van der Waals surface area contributed by atoms with Crippen molar-refractivity contribution in [3.63, 3.8) is 0 Å². The number of carbonyl (C=O) groups excluding carboxylic acids is 1. The van der Waals surface area contributed by atoms with Gasteiger partial charge >= 0.3 is 0 Å². The van der Waals surface area contributed by atoms with E-state index in [0.717, 1.165) is 5.48 Å². The van der Waals surface area contributed by atoms with Crippen molar-refractivity contribution in [3.8, 4) is 0 Å². The third-order valence-corrected chi connectivity index (χ3v) is 1.12. The van der Waals surface area contributed by atoms with Crippen LogP contribution in [-0.2, 0) is 14.8 Å². The Morgan fingerprint density at radius 3 is 2.22 bits per heavy atom. The molecule has 0 rings (SSSR count). The standard InChI is InChI=1S/C2H6N2O4S/c3-9(7,8)1-2(5)4-6/h6H,1H2,(H,4,5)(H2,3,7,8). The Kier molecular flexibility index (Phi) is 2.56. The number of hydrogen-bond donors (Lipinski definition) is 3. The summed E-state index contributed by atoms with van der Waals surface area (Å²) in [5.41, 5.74) is 1.12. The van der Waals surface area contributed by atoms with Crippen LogP contribution >= 0.6 is 0 Å². The zero-order chi connectivity index (χ0) is 7.49. The van der Waals surface area contributed by atoms with E-state index < -0.39 is 21.7 Å². The van der Waals surface area contributed by atoms with Gasteiger partial charge in [-0.2, -0.15) is 0 Å². The Balaban J connectivity index is 3.91. The lowest BCUT2D eigenvalue weighted by Gasteiger charge is -1.93. The molecular formula is C2H6N2O4S. The quantitative estimate of drug-likeness (QED) is 0.309. The van der Waals surface area contributed by atoms with Crippen LogP contribution in [0.2, 0.25) is 0 Å². The molecule has 0 aliphatic heterocycles. The van der Waals surface area contributed by atoms with Crippen LogP contribution in [-0.4, -0.2) is 25.3 Å². The van der Waals surface area contributed by atoms with Crippen LogP contribution in [0.25, 0.3) is 0 Å². The molecule has 0 saturated heterocycles. The van der Waals surface area contributed by atoms with Crippen LogP contribution in [0.15, 0.2) is 0 Å². The first-order chi connectivity index (χ1) is 3.95. The van der Waals surface area contributed by atoms with Gasteiger partial charge in [-0.15, -0.1) is 0 Å². The van der Waals surface area contributed by atoms with E-state index in [2.05, 4.69) is 5.14 Å². The van der Waals surface area contributed by atoms with Gasteiger partial charge in [-0.1, -0.05) is 0 Å². The zero-order valence-corrected chi connectivity index (χ0v) is 5.18. The molecule has 0 bridgehead atoms. The molecule has 0 spiro atoms. The van der Waals surface area contributed by atoms with Crippen LogP contribution < -0.4 is 10.6 Å². The average Bonchev–Trinajstić information content (AvgIpc) is 1.62. The smallest absolute Gasteiger partial charge is 0.259 e. The maximum Gasteiger partial charge on any atom is 0.259 e. The van der Waals surface area contributed by atoms with Gasteiger partial charge in [0.05, 0.1) is 0 Å². The first-order valence-corrected chi connectivity index (χ1v) is 3.60. The van der Waals surface area contributed by atoms with Crippen LogP contribution in [0.1, 0.15) is 0 Å². The van der Waals surface area contributed by atoms with Crippen molar-refractivity contribution in [3.05, 3.63) is 0 Å². The third kappa shape index (κ3) is 5.21. The molecule has 0 aromatic carbocycles. The lowest BCUT2D eigenvalue weighted by Crippen LogP contribution is -2.31. The molecule has 0 saturated carbocycles. The lowest BCUT2D eigenvalue weighted by molar-refractivity contribution is -0.126. The predicted octanol–water partition coefficient (Wildman–Crippen LogP) is -2.22. The summed E-state index contributed by atoms with van der Waals surface area (Å²) in [6, 6.07) is 0. The minimum absolute atomic E-state index is 0.899. The van der Waals surface area contributed by atoms with E-state index in [-0.39, 0.29) is 0 Å². The zero-order valence-electron chi connectivity index (χ0n) is 4.36. The molecule has 0 aliphatic carbocycles. The monoisotopic (exact) mass is 154 g/mol. The van der Waals surface area contributed by atoms with Gasteiger partial charge in [-0.05, 0) is 0 Å². The summed E-state index contributed by atoms with van der Waals surface area (Å²) in [7, 11) is -3.81. The van der Waals surface area contributed by atoms with Crippen molar-refractivity contribution in [2.75, 3.05) is 5.75 Å². The molecule has 0 aromatic heterocycles. The Morgan fingerprint density at radius 2 is 2.11 bits per heavy atom. The summed E-state index contributed by atoms with van der Waals surface area (Å²) < 4.78 is 20.0. The normalized spacial score (nSPS) is 10.9. The van der Waals surface area contributed by atoms with Gasteiger partial charge in [0.2, 0.25) is 10.0 Å². The number of amides is 1. The molecule has 7 heteroatoms. The third-order valence-electron chi connectivity index (χ3n) is 0.457. The number of rotatable bonds is 2. The number of carbonyl (C=O) groups is 1. The number of nitrogens with two attached hydrogens (primary N) is 1. The van der Waals surface area contributed by atoms with E-state index in [1.807, 2.05) is 0 Å². The highest BCUT2D eigenvalue weighted by Gasteiger charge is 2.08. The Hall–Kier alpha value is -0.660. The lowest BCUT2D eigenvalue weighted by atomic mass is 10.8. The van der Waals surface area contributed by atoms with Crippen LogP contribution in [0.5, 0.6) is 0 Å². The summed E-state index contributed by atoms with van der Waals surface area (Å²) >= 11 is 0. The maximum absolute atomic E-state index is 10.0.